The summed E-state index contributed by atoms with van der Waals surface area (Å²) in [5.41, 5.74) is 3.58. The quantitative estimate of drug-likeness (QED) is 0.124. The van der Waals surface area contributed by atoms with E-state index >= 15 is 0 Å². The van der Waals surface area contributed by atoms with E-state index in [9.17, 15) is 14.9 Å². The Hall–Kier alpha value is -5.41. The fraction of sp³-hybridized carbons (Fsp3) is 0.114. The van der Waals surface area contributed by atoms with Crippen LogP contribution in [-0.4, -0.2) is 18.5 Å². The predicted molar refractivity (Wildman–Crippen MR) is 162 cm³/mol. The number of fused-ring (bicyclic) bond motifs is 2. The van der Waals surface area contributed by atoms with Gasteiger partial charge in [0.1, 0.15) is 24.0 Å². The number of hydrogen-bond donors (Lipinski definition) is 1. The summed E-state index contributed by atoms with van der Waals surface area (Å²) in [5, 5.41) is 16.8. The minimum atomic E-state index is -0.569. The molecule has 6 heteroatoms. The van der Waals surface area contributed by atoms with Crippen LogP contribution in [0.1, 0.15) is 34.0 Å². The van der Waals surface area contributed by atoms with Gasteiger partial charge in [0.05, 0.1) is 12.2 Å². The van der Waals surface area contributed by atoms with Gasteiger partial charge < -0.3 is 14.8 Å². The van der Waals surface area contributed by atoms with E-state index in [-0.39, 0.29) is 12.2 Å². The molecule has 41 heavy (non-hydrogen) atoms. The lowest BCUT2D eigenvalue weighted by atomic mass is 9.99. The molecule has 202 valence electrons. The largest absolute Gasteiger partial charge is 0.488 e. The first-order chi connectivity index (χ1) is 20.0. The molecule has 0 bridgehead atoms. The van der Waals surface area contributed by atoms with Crippen LogP contribution in [0.4, 0.5) is 5.69 Å². The number of anilines is 1. The highest BCUT2D eigenvalue weighted by atomic mass is 16.5. The first kappa shape index (κ1) is 27.2. The zero-order valence-electron chi connectivity index (χ0n) is 22.8. The molecule has 0 aliphatic heterocycles. The van der Waals surface area contributed by atoms with Crippen LogP contribution in [0, 0.1) is 18.3 Å². The third-order valence-electron chi connectivity index (χ3n) is 6.89. The molecule has 6 nitrogen and oxygen atoms in total. The van der Waals surface area contributed by atoms with Gasteiger partial charge in [-0.3, -0.25) is 4.79 Å². The maximum atomic E-state index is 13.2. The molecule has 1 N–H and O–H groups in total. The Kier molecular flexibility index (Phi) is 8.08. The molecule has 5 rings (SSSR count). The number of nitriles is 1. The average molecular weight is 541 g/mol. The number of carbonyl (C=O) groups excluding carboxylic acids is 2. The van der Waals surface area contributed by atoms with E-state index in [1.54, 1.807) is 37.3 Å². The normalized spacial score (nSPS) is 11.2. The summed E-state index contributed by atoms with van der Waals surface area (Å²) in [6.07, 6.45) is 1.57. The Morgan fingerprint density at radius 2 is 1.51 bits per heavy atom. The minimum absolute atomic E-state index is 0.0815. The molecular weight excluding hydrogens is 512 g/mol. The molecule has 0 saturated carbocycles. The Morgan fingerprint density at radius 1 is 0.854 bits per heavy atom. The van der Waals surface area contributed by atoms with Crippen molar-refractivity contribution < 1.29 is 19.1 Å². The minimum Gasteiger partial charge on any atom is -0.488 e. The van der Waals surface area contributed by atoms with Gasteiger partial charge in [-0.25, -0.2) is 4.79 Å². The van der Waals surface area contributed by atoms with Crippen LogP contribution in [0.25, 0.3) is 27.6 Å². The van der Waals surface area contributed by atoms with E-state index in [4.69, 9.17) is 9.47 Å². The number of ether oxygens (including phenoxy) is 2. The molecular formula is C35H28N2O4. The Bertz CT molecular complexity index is 1830. The number of nitrogens with zero attached hydrogens (tertiary/aromatic N) is 1. The zero-order chi connectivity index (χ0) is 28.8. The SMILES string of the molecule is CCOC(=O)c1ccc(NC(=O)/C(C#N)=C/c2c(OCc3c(C)ccc4ccccc34)ccc3ccccc23)cc1. The van der Waals surface area contributed by atoms with Crippen LogP contribution < -0.4 is 10.1 Å². The number of benzene rings is 5. The highest BCUT2D eigenvalue weighted by Gasteiger charge is 2.15. The van der Waals surface area contributed by atoms with Crippen LogP contribution in [0.5, 0.6) is 5.75 Å². The molecule has 0 aliphatic rings. The summed E-state index contributed by atoms with van der Waals surface area (Å²) in [6.45, 7) is 4.39. The second-order valence-electron chi connectivity index (χ2n) is 9.49. The predicted octanol–water partition coefficient (Wildman–Crippen LogP) is 7.60. The van der Waals surface area contributed by atoms with Crippen molar-refractivity contribution in [3.63, 3.8) is 0 Å². The number of rotatable bonds is 8. The number of hydrogen-bond acceptors (Lipinski definition) is 5. The molecule has 0 fully saturated rings. The lowest BCUT2D eigenvalue weighted by Crippen LogP contribution is -2.14. The van der Waals surface area contributed by atoms with Gasteiger partial charge in [0.25, 0.3) is 5.91 Å². The zero-order valence-corrected chi connectivity index (χ0v) is 22.8. The summed E-state index contributed by atoms with van der Waals surface area (Å²) in [7, 11) is 0. The molecule has 0 unspecified atom stereocenters. The van der Waals surface area contributed by atoms with Gasteiger partial charge in [-0.15, -0.1) is 0 Å². The number of carbonyl (C=O) groups is 2. The molecule has 5 aromatic carbocycles. The lowest BCUT2D eigenvalue weighted by Gasteiger charge is -2.15. The van der Waals surface area contributed by atoms with E-state index in [0.29, 0.717) is 29.2 Å². The van der Waals surface area contributed by atoms with Gasteiger partial charge in [0.2, 0.25) is 0 Å². The molecule has 0 aromatic heterocycles. The molecule has 0 saturated heterocycles. The molecule has 0 aliphatic carbocycles. The first-order valence-corrected chi connectivity index (χ1v) is 13.3. The number of amides is 1. The second kappa shape index (κ2) is 12.2. The van der Waals surface area contributed by atoms with Crippen LogP contribution in [0.3, 0.4) is 0 Å². The number of nitrogens with one attached hydrogen (secondary N) is 1. The summed E-state index contributed by atoms with van der Waals surface area (Å²) >= 11 is 0. The van der Waals surface area contributed by atoms with E-state index in [1.165, 1.54) is 0 Å². The maximum absolute atomic E-state index is 13.2. The van der Waals surface area contributed by atoms with E-state index < -0.39 is 11.9 Å². The van der Waals surface area contributed by atoms with Crippen molar-refractivity contribution in [3.05, 3.63) is 125 Å². The van der Waals surface area contributed by atoms with Gasteiger partial charge in [0.15, 0.2) is 0 Å². The second-order valence-corrected chi connectivity index (χ2v) is 9.49. The van der Waals surface area contributed by atoms with Crippen molar-refractivity contribution in [2.24, 2.45) is 0 Å². The van der Waals surface area contributed by atoms with Crippen molar-refractivity contribution in [1.29, 1.82) is 5.26 Å². The molecule has 0 spiro atoms. The molecule has 5 aromatic rings. The Labute approximate surface area is 238 Å². The van der Waals surface area contributed by atoms with Crippen molar-refractivity contribution in [2.45, 2.75) is 20.5 Å². The molecule has 0 heterocycles. The fourth-order valence-electron chi connectivity index (χ4n) is 4.73. The summed E-state index contributed by atoms with van der Waals surface area (Å²) < 4.78 is 11.4. The third kappa shape index (κ3) is 5.95. The van der Waals surface area contributed by atoms with Crippen molar-refractivity contribution >= 4 is 45.2 Å². The summed E-state index contributed by atoms with van der Waals surface area (Å²) in [6, 6.07) is 32.3. The number of esters is 1. The highest BCUT2D eigenvalue weighted by Crippen LogP contribution is 2.32. The summed E-state index contributed by atoms with van der Waals surface area (Å²) in [5.74, 6) is -0.444. The molecule has 0 atom stereocenters. The van der Waals surface area contributed by atoms with Crippen molar-refractivity contribution in [1.82, 2.24) is 0 Å². The van der Waals surface area contributed by atoms with E-state index in [1.807, 2.05) is 54.6 Å². The van der Waals surface area contributed by atoms with Crippen LogP contribution in [-0.2, 0) is 16.1 Å². The number of aryl methyl sites for hydroxylation is 1. The lowest BCUT2D eigenvalue weighted by molar-refractivity contribution is -0.112. The first-order valence-electron chi connectivity index (χ1n) is 13.3. The van der Waals surface area contributed by atoms with Gasteiger partial charge in [0, 0.05) is 16.8 Å². The molecule has 0 radical (unpaired) electrons. The van der Waals surface area contributed by atoms with Crippen LogP contribution >= 0.6 is 0 Å². The van der Waals surface area contributed by atoms with Gasteiger partial charge in [-0.05, 0) is 77.4 Å². The Balaban J connectivity index is 1.46. The van der Waals surface area contributed by atoms with E-state index in [2.05, 4.69) is 36.5 Å². The standard InChI is InChI=1S/C35H28N2O4/c1-3-40-35(39)26-14-17-28(18-15-26)37-34(38)27(21-36)20-31-29-10-6-4-9-25(29)16-19-33(31)41-22-32-23(2)12-13-24-8-5-7-11-30(24)32/h4-20H,3,22H2,1-2H3,(H,37,38)/b27-20+. The maximum Gasteiger partial charge on any atom is 0.338 e. The fourth-order valence-corrected chi connectivity index (χ4v) is 4.73. The topological polar surface area (TPSA) is 88.4 Å². The summed E-state index contributed by atoms with van der Waals surface area (Å²) in [4.78, 5) is 25.1. The van der Waals surface area contributed by atoms with Crippen LogP contribution in [0.2, 0.25) is 0 Å². The molecule has 1 amide bonds. The monoisotopic (exact) mass is 540 g/mol. The van der Waals surface area contributed by atoms with Gasteiger partial charge in [-0.2, -0.15) is 5.26 Å². The highest BCUT2D eigenvalue weighted by molar-refractivity contribution is 6.11. The van der Waals surface area contributed by atoms with Crippen LogP contribution in [0.15, 0.2) is 103 Å². The van der Waals surface area contributed by atoms with Crippen molar-refractivity contribution in [3.8, 4) is 11.8 Å². The smallest absolute Gasteiger partial charge is 0.338 e. The average Bonchev–Trinajstić information content (AvgIpc) is 3.00. The van der Waals surface area contributed by atoms with Gasteiger partial charge in [-0.1, -0.05) is 66.7 Å². The van der Waals surface area contributed by atoms with Gasteiger partial charge >= 0.3 is 5.97 Å². The van der Waals surface area contributed by atoms with Crippen molar-refractivity contribution in [2.75, 3.05) is 11.9 Å². The third-order valence-corrected chi connectivity index (χ3v) is 6.89. The Morgan fingerprint density at radius 3 is 2.22 bits per heavy atom. The van der Waals surface area contributed by atoms with E-state index in [0.717, 1.165) is 32.7 Å².